The average Bonchev–Trinajstić information content (AvgIpc) is 2.37. The van der Waals surface area contributed by atoms with E-state index in [1.807, 2.05) is 12.1 Å². The van der Waals surface area contributed by atoms with Crippen molar-refractivity contribution in [1.29, 1.82) is 0 Å². The van der Waals surface area contributed by atoms with E-state index < -0.39 is 0 Å². The molecule has 4 heteroatoms. The van der Waals surface area contributed by atoms with Crippen LogP contribution in [-0.4, -0.2) is 38.1 Å². The van der Waals surface area contributed by atoms with Gasteiger partial charge in [0.05, 0.1) is 0 Å². The summed E-state index contributed by atoms with van der Waals surface area (Å²) in [7, 11) is 4.34. The number of piperidine rings is 1. The Labute approximate surface area is 119 Å². The third kappa shape index (κ3) is 3.11. The first-order valence-corrected chi connectivity index (χ1v) is 7.29. The van der Waals surface area contributed by atoms with Crippen molar-refractivity contribution in [3.8, 4) is 0 Å². The normalized spacial score (nSPS) is 21.0. The molecule has 0 N–H and O–H groups in total. The molecule has 2 nitrogen and oxygen atoms in total. The first kappa shape index (κ1) is 14.0. The molecule has 1 aliphatic rings. The van der Waals surface area contributed by atoms with Crippen molar-refractivity contribution in [2.24, 2.45) is 0 Å². The lowest BCUT2D eigenvalue weighted by Crippen LogP contribution is -2.45. The number of benzene rings is 1. The minimum Gasteiger partial charge on any atom is -0.370 e. The summed E-state index contributed by atoms with van der Waals surface area (Å²) in [5, 5.41) is 0.753. The van der Waals surface area contributed by atoms with E-state index >= 15 is 0 Å². The molecule has 1 aromatic rings. The molecule has 0 radical (unpaired) electrons. The van der Waals surface area contributed by atoms with E-state index in [1.165, 1.54) is 25.1 Å². The number of anilines is 1. The Morgan fingerprint density at radius 3 is 2.89 bits per heavy atom. The second-order valence-corrected chi connectivity index (χ2v) is 5.78. The quantitative estimate of drug-likeness (QED) is 0.784. The molecule has 2 rings (SSSR count). The summed E-state index contributed by atoms with van der Waals surface area (Å²) >= 11 is 12.0. The molecule has 1 aliphatic heterocycles. The van der Waals surface area contributed by atoms with Gasteiger partial charge in [0.2, 0.25) is 0 Å². The zero-order valence-electron chi connectivity index (χ0n) is 11.0. The van der Waals surface area contributed by atoms with Crippen LogP contribution >= 0.6 is 23.2 Å². The van der Waals surface area contributed by atoms with Gasteiger partial charge in [0.1, 0.15) is 0 Å². The Bertz CT molecular complexity index is 409. The standard InChI is InChI=1S/C14H20Cl2N2/c1-17-7-3-4-13(10-17)18(2)14-6-5-12(16)8-11(14)9-15/h5-6,8,13H,3-4,7,9-10H2,1-2H3. The van der Waals surface area contributed by atoms with Gasteiger partial charge in [-0.3, -0.25) is 0 Å². The molecule has 1 heterocycles. The fourth-order valence-electron chi connectivity index (χ4n) is 2.66. The van der Waals surface area contributed by atoms with Crippen molar-refractivity contribution in [1.82, 2.24) is 4.90 Å². The van der Waals surface area contributed by atoms with Gasteiger partial charge >= 0.3 is 0 Å². The van der Waals surface area contributed by atoms with Gasteiger partial charge in [-0.2, -0.15) is 0 Å². The van der Waals surface area contributed by atoms with Crippen molar-refractivity contribution in [3.63, 3.8) is 0 Å². The summed E-state index contributed by atoms with van der Waals surface area (Å²) in [4.78, 5) is 4.74. The number of nitrogens with zero attached hydrogens (tertiary/aromatic N) is 2. The molecular formula is C14H20Cl2N2. The maximum Gasteiger partial charge on any atom is 0.0495 e. The van der Waals surface area contributed by atoms with E-state index in [0.29, 0.717) is 11.9 Å². The molecule has 0 bridgehead atoms. The van der Waals surface area contributed by atoms with E-state index in [0.717, 1.165) is 17.1 Å². The van der Waals surface area contributed by atoms with Crippen molar-refractivity contribution < 1.29 is 0 Å². The van der Waals surface area contributed by atoms with E-state index in [-0.39, 0.29) is 0 Å². The Kier molecular flexibility index (Phi) is 4.77. The second kappa shape index (κ2) is 6.14. The van der Waals surface area contributed by atoms with Gasteiger partial charge in [0, 0.05) is 36.2 Å². The van der Waals surface area contributed by atoms with Crippen LogP contribution in [0.5, 0.6) is 0 Å². The Morgan fingerprint density at radius 2 is 2.22 bits per heavy atom. The largest absolute Gasteiger partial charge is 0.370 e. The number of alkyl halides is 1. The van der Waals surface area contributed by atoms with Gasteiger partial charge in [-0.05, 0) is 50.2 Å². The summed E-state index contributed by atoms with van der Waals surface area (Å²) in [6.07, 6.45) is 2.50. The molecule has 1 unspecified atom stereocenters. The predicted octanol–water partition coefficient (Wildman–Crippen LogP) is 3.61. The van der Waals surface area contributed by atoms with Gasteiger partial charge in [0.15, 0.2) is 0 Å². The third-order valence-electron chi connectivity index (χ3n) is 3.71. The van der Waals surface area contributed by atoms with Crippen molar-refractivity contribution in [2.45, 2.75) is 24.8 Å². The van der Waals surface area contributed by atoms with E-state index in [4.69, 9.17) is 23.2 Å². The van der Waals surface area contributed by atoms with Crippen LogP contribution in [0.1, 0.15) is 18.4 Å². The smallest absolute Gasteiger partial charge is 0.0495 e. The summed E-state index contributed by atoms with van der Waals surface area (Å²) in [6.45, 7) is 2.31. The minimum atomic E-state index is 0.503. The zero-order chi connectivity index (χ0) is 13.1. The Hall–Kier alpha value is -0.440. The molecule has 1 atom stereocenters. The highest BCUT2D eigenvalue weighted by Gasteiger charge is 2.22. The molecule has 1 aromatic carbocycles. The fourth-order valence-corrected chi connectivity index (χ4v) is 3.07. The van der Waals surface area contributed by atoms with Crippen LogP contribution in [0, 0.1) is 0 Å². The van der Waals surface area contributed by atoms with Crippen LogP contribution in [0.3, 0.4) is 0 Å². The molecule has 0 aliphatic carbocycles. The maximum absolute atomic E-state index is 6.02. The number of rotatable bonds is 3. The first-order chi connectivity index (χ1) is 8.61. The maximum atomic E-state index is 6.02. The summed E-state index contributed by atoms with van der Waals surface area (Å²) in [5.41, 5.74) is 2.31. The highest BCUT2D eigenvalue weighted by atomic mass is 35.5. The monoisotopic (exact) mass is 286 g/mol. The van der Waals surface area contributed by atoms with Crippen LogP contribution in [0.2, 0.25) is 5.02 Å². The topological polar surface area (TPSA) is 6.48 Å². The fraction of sp³-hybridized carbons (Fsp3) is 0.571. The van der Waals surface area contributed by atoms with Crippen LogP contribution in [0.25, 0.3) is 0 Å². The Morgan fingerprint density at radius 1 is 1.44 bits per heavy atom. The molecule has 100 valence electrons. The van der Waals surface area contributed by atoms with Crippen LogP contribution in [0.4, 0.5) is 5.69 Å². The van der Waals surface area contributed by atoms with Crippen LogP contribution < -0.4 is 4.90 Å². The first-order valence-electron chi connectivity index (χ1n) is 6.37. The van der Waals surface area contributed by atoms with E-state index in [9.17, 15) is 0 Å². The van der Waals surface area contributed by atoms with Gasteiger partial charge in [-0.15, -0.1) is 11.6 Å². The lowest BCUT2D eigenvalue weighted by atomic mass is 10.0. The van der Waals surface area contributed by atoms with E-state index in [1.54, 1.807) is 0 Å². The SMILES string of the molecule is CN1CCCC(N(C)c2ccc(Cl)cc2CCl)C1. The summed E-state index contributed by atoms with van der Waals surface area (Å²) in [5.74, 6) is 0.503. The summed E-state index contributed by atoms with van der Waals surface area (Å²) < 4.78 is 0. The Balaban J connectivity index is 2.19. The molecule has 0 amide bonds. The van der Waals surface area contributed by atoms with Gasteiger partial charge in [0.25, 0.3) is 0 Å². The number of hydrogen-bond acceptors (Lipinski definition) is 2. The number of likely N-dealkylation sites (N-methyl/N-ethyl adjacent to an activating group) is 2. The molecule has 0 saturated carbocycles. The molecule has 0 aromatic heterocycles. The molecular weight excluding hydrogens is 267 g/mol. The number of hydrogen-bond donors (Lipinski definition) is 0. The minimum absolute atomic E-state index is 0.503. The summed E-state index contributed by atoms with van der Waals surface area (Å²) in [6, 6.07) is 6.55. The van der Waals surface area contributed by atoms with Gasteiger partial charge in [-0.1, -0.05) is 11.6 Å². The molecule has 18 heavy (non-hydrogen) atoms. The second-order valence-electron chi connectivity index (χ2n) is 5.08. The molecule has 1 fully saturated rings. The van der Waals surface area contributed by atoms with Crippen LogP contribution in [-0.2, 0) is 5.88 Å². The van der Waals surface area contributed by atoms with Gasteiger partial charge in [-0.25, -0.2) is 0 Å². The average molecular weight is 287 g/mol. The lowest BCUT2D eigenvalue weighted by Gasteiger charge is -2.37. The highest BCUT2D eigenvalue weighted by Crippen LogP contribution is 2.28. The highest BCUT2D eigenvalue weighted by molar-refractivity contribution is 6.30. The molecule has 0 spiro atoms. The van der Waals surface area contributed by atoms with Crippen molar-refractivity contribution >= 4 is 28.9 Å². The number of likely N-dealkylation sites (tertiary alicyclic amines) is 1. The number of halogens is 2. The predicted molar refractivity (Wildman–Crippen MR) is 79.9 cm³/mol. The third-order valence-corrected chi connectivity index (χ3v) is 4.24. The van der Waals surface area contributed by atoms with Crippen molar-refractivity contribution in [2.75, 3.05) is 32.1 Å². The van der Waals surface area contributed by atoms with Gasteiger partial charge < -0.3 is 9.80 Å². The van der Waals surface area contributed by atoms with Crippen LogP contribution in [0.15, 0.2) is 18.2 Å². The van der Waals surface area contributed by atoms with E-state index in [2.05, 4.69) is 30.0 Å². The van der Waals surface area contributed by atoms with Crippen molar-refractivity contribution in [3.05, 3.63) is 28.8 Å². The molecule has 1 saturated heterocycles. The zero-order valence-corrected chi connectivity index (χ0v) is 12.5. The lowest BCUT2D eigenvalue weighted by molar-refractivity contribution is 0.248.